The molecule has 1 amide bonds. The number of non-ortho nitro benzene ring substituents is 1. The largest absolute Gasteiger partial charge is 0.514 e. The van der Waals surface area contributed by atoms with Gasteiger partial charge in [0.15, 0.2) is 0 Å². The second-order valence-corrected chi connectivity index (χ2v) is 7.85. The molecule has 3 rings (SSSR count). The van der Waals surface area contributed by atoms with Crippen LogP contribution < -0.4 is 21.1 Å². The number of rotatable bonds is 10. The van der Waals surface area contributed by atoms with Crippen LogP contribution in [0.2, 0.25) is 0 Å². The van der Waals surface area contributed by atoms with Crippen LogP contribution in [-0.4, -0.2) is 30.2 Å². The van der Waals surface area contributed by atoms with Crippen molar-refractivity contribution < 1.29 is 24.0 Å². The zero-order valence-corrected chi connectivity index (χ0v) is 17.7. The average molecular weight is 442 g/mol. The molecular formula is C22H26N4O6. The lowest BCUT2D eigenvalue weighted by Gasteiger charge is -2.13. The normalized spacial score (nSPS) is 19.1. The van der Waals surface area contributed by atoms with Crippen LogP contribution in [0.15, 0.2) is 48.5 Å². The fourth-order valence-corrected chi connectivity index (χ4v) is 3.39. The van der Waals surface area contributed by atoms with Crippen molar-refractivity contribution in [3.05, 3.63) is 64.2 Å². The first-order valence-electron chi connectivity index (χ1n) is 10.2. The van der Waals surface area contributed by atoms with Gasteiger partial charge in [-0.2, -0.15) is 0 Å². The first kappa shape index (κ1) is 23.2. The van der Waals surface area contributed by atoms with Crippen LogP contribution >= 0.6 is 0 Å². The molecule has 1 aliphatic rings. The third-order valence-corrected chi connectivity index (χ3v) is 5.56. The highest BCUT2D eigenvalue weighted by molar-refractivity contribution is 5.97. The SMILES string of the molecule is C[C@]1(C(=O)Nc2ccc(COC(=O)Oc3ccc([N+](=O)[O-])cc3)cc2)CC1CCNCN. The van der Waals surface area contributed by atoms with Crippen molar-refractivity contribution in [3.63, 3.8) is 0 Å². The molecular weight excluding hydrogens is 416 g/mol. The Morgan fingerprint density at radius 3 is 2.50 bits per heavy atom. The third-order valence-electron chi connectivity index (χ3n) is 5.56. The standard InChI is InChI=1S/C22H26N4O6/c1-22(12-16(22)10-11-24-14-23)20(27)25-17-4-2-15(3-5-17)13-31-21(28)32-19-8-6-18(7-9-19)26(29)30/h2-9,16,24H,10-14,23H2,1H3,(H,25,27)/t16?,22-/m0/s1. The minimum absolute atomic E-state index is 0.00840. The lowest BCUT2D eigenvalue weighted by molar-refractivity contribution is -0.384. The van der Waals surface area contributed by atoms with Gasteiger partial charge in [0.25, 0.3) is 5.69 Å². The summed E-state index contributed by atoms with van der Waals surface area (Å²) < 4.78 is 10.0. The van der Waals surface area contributed by atoms with Crippen molar-refractivity contribution in [2.45, 2.75) is 26.4 Å². The van der Waals surface area contributed by atoms with E-state index in [1.54, 1.807) is 24.3 Å². The molecule has 0 aromatic heterocycles. The number of nitro groups is 1. The van der Waals surface area contributed by atoms with Gasteiger partial charge in [-0.3, -0.25) is 14.9 Å². The summed E-state index contributed by atoms with van der Waals surface area (Å²) in [6.45, 7) is 3.17. The van der Waals surface area contributed by atoms with Crippen molar-refractivity contribution in [2.75, 3.05) is 18.5 Å². The predicted molar refractivity (Wildman–Crippen MR) is 117 cm³/mol. The third kappa shape index (κ3) is 6.02. The maximum Gasteiger partial charge on any atom is 0.514 e. The number of nitrogens with zero attached hydrogens (tertiary/aromatic N) is 1. The van der Waals surface area contributed by atoms with Crippen molar-refractivity contribution >= 4 is 23.4 Å². The van der Waals surface area contributed by atoms with Gasteiger partial charge in [-0.15, -0.1) is 0 Å². The number of benzene rings is 2. The zero-order valence-electron chi connectivity index (χ0n) is 17.7. The Morgan fingerprint density at radius 2 is 1.88 bits per heavy atom. The average Bonchev–Trinajstić information content (AvgIpc) is 3.45. The van der Waals surface area contributed by atoms with Gasteiger partial charge in [0.1, 0.15) is 12.4 Å². The first-order valence-corrected chi connectivity index (χ1v) is 10.2. The van der Waals surface area contributed by atoms with E-state index in [0.29, 0.717) is 23.8 Å². The van der Waals surface area contributed by atoms with Crippen LogP contribution in [0.3, 0.4) is 0 Å². The molecule has 10 heteroatoms. The fourth-order valence-electron chi connectivity index (χ4n) is 3.39. The van der Waals surface area contributed by atoms with E-state index in [1.165, 1.54) is 24.3 Å². The van der Waals surface area contributed by atoms with E-state index in [-0.39, 0.29) is 29.4 Å². The number of ether oxygens (including phenoxy) is 2. The van der Waals surface area contributed by atoms with Crippen molar-refractivity contribution in [1.29, 1.82) is 0 Å². The van der Waals surface area contributed by atoms with Crippen LogP contribution in [0.1, 0.15) is 25.3 Å². The van der Waals surface area contributed by atoms with E-state index >= 15 is 0 Å². The topological polar surface area (TPSA) is 146 Å². The number of hydrogen-bond acceptors (Lipinski definition) is 8. The number of anilines is 1. The van der Waals surface area contributed by atoms with Crippen LogP contribution in [0.5, 0.6) is 5.75 Å². The number of amides is 1. The summed E-state index contributed by atoms with van der Waals surface area (Å²) in [4.78, 5) is 34.5. The molecule has 1 unspecified atom stereocenters. The van der Waals surface area contributed by atoms with E-state index in [0.717, 1.165) is 19.4 Å². The summed E-state index contributed by atoms with van der Waals surface area (Å²) in [6.07, 6.45) is 0.842. The molecule has 2 atom stereocenters. The van der Waals surface area contributed by atoms with E-state index in [1.807, 2.05) is 6.92 Å². The Kier molecular flexibility index (Phi) is 7.39. The second kappa shape index (κ2) is 10.2. The molecule has 2 aromatic carbocycles. The second-order valence-electron chi connectivity index (χ2n) is 7.85. The lowest BCUT2D eigenvalue weighted by atomic mass is 10.0. The van der Waals surface area contributed by atoms with Gasteiger partial charge in [0.05, 0.1) is 4.92 Å². The van der Waals surface area contributed by atoms with Crippen molar-refractivity contribution in [1.82, 2.24) is 5.32 Å². The van der Waals surface area contributed by atoms with Crippen LogP contribution in [0.4, 0.5) is 16.2 Å². The summed E-state index contributed by atoms with van der Waals surface area (Å²) in [7, 11) is 0. The summed E-state index contributed by atoms with van der Waals surface area (Å²) in [6, 6.07) is 12.1. The Hall–Kier alpha value is -3.50. The molecule has 1 fully saturated rings. The quantitative estimate of drug-likeness (QED) is 0.127. The minimum Gasteiger partial charge on any atom is -0.429 e. The summed E-state index contributed by atoms with van der Waals surface area (Å²) >= 11 is 0. The van der Waals surface area contributed by atoms with Gasteiger partial charge in [-0.1, -0.05) is 19.1 Å². The first-order chi connectivity index (χ1) is 15.3. The smallest absolute Gasteiger partial charge is 0.429 e. The molecule has 170 valence electrons. The Labute approximate surface area is 185 Å². The summed E-state index contributed by atoms with van der Waals surface area (Å²) in [5.41, 5.74) is 6.33. The van der Waals surface area contributed by atoms with Crippen LogP contribution in [-0.2, 0) is 16.1 Å². The molecule has 1 saturated carbocycles. The van der Waals surface area contributed by atoms with E-state index in [2.05, 4.69) is 10.6 Å². The number of nitro benzene ring substituents is 1. The fraction of sp³-hybridized carbons (Fsp3) is 0.364. The number of nitrogens with two attached hydrogens (primary N) is 1. The number of carbonyl (C=O) groups excluding carboxylic acids is 2. The van der Waals surface area contributed by atoms with Crippen LogP contribution in [0.25, 0.3) is 0 Å². The molecule has 4 N–H and O–H groups in total. The van der Waals surface area contributed by atoms with E-state index in [9.17, 15) is 19.7 Å². The summed E-state index contributed by atoms with van der Waals surface area (Å²) in [5, 5.41) is 16.6. The molecule has 1 aliphatic carbocycles. The van der Waals surface area contributed by atoms with Gasteiger partial charge in [0, 0.05) is 29.9 Å². The van der Waals surface area contributed by atoms with Gasteiger partial charge < -0.3 is 25.8 Å². The number of carbonyl (C=O) groups is 2. The molecule has 32 heavy (non-hydrogen) atoms. The van der Waals surface area contributed by atoms with E-state index < -0.39 is 11.1 Å². The molecule has 0 heterocycles. The lowest BCUT2D eigenvalue weighted by Crippen LogP contribution is -2.26. The Bertz CT molecular complexity index is 963. The Balaban J connectivity index is 1.43. The molecule has 0 bridgehead atoms. The predicted octanol–water partition coefficient (Wildman–Crippen LogP) is 3.17. The minimum atomic E-state index is -0.923. The molecule has 10 nitrogen and oxygen atoms in total. The van der Waals surface area contributed by atoms with Crippen molar-refractivity contribution in [3.8, 4) is 5.75 Å². The summed E-state index contributed by atoms with van der Waals surface area (Å²) in [5.74, 6) is 0.478. The molecule has 0 spiro atoms. The number of nitrogens with one attached hydrogen (secondary N) is 2. The highest BCUT2D eigenvalue weighted by Crippen LogP contribution is 2.54. The molecule has 0 radical (unpaired) electrons. The molecule has 0 saturated heterocycles. The highest BCUT2D eigenvalue weighted by Gasteiger charge is 2.55. The molecule has 2 aromatic rings. The Morgan fingerprint density at radius 1 is 1.19 bits per heavy atom. The zero-order chi connectivity index (χ0) is 23.1. The van der Waals surface area contributed by atoms with Gasteiger partial charge in [0.2, 0.25) is 5.91 Å². The maximum atomic E-state index is 12.6. The van der Waals surface area contributed by atoms with E-state index in [4.69, 9.17) is 15.2 Å². The van der Waals surface area contributed by atoms with Gasteiger partial charge >= 0.3 is 6.16 Å². The number of hydrogen-bond donors (Lipinski definition) is 3. The highest BCUT2D eigenvalue weighted by atomic mass is 16.7. The van der Waals surface area contributed by atoms with Crippen LogP contribution in [0, 0.1) is 21.4 Å². The maximum absolute atomic E-state index is 12.6. The molecule has 0 aliphatic heterocycles. The van der Waals surface area contributed by atoms with Crippen molar-refractivity contribution in [2.24, 2.45) is 17.1 Å². The monoisotopic (exact) mass is 442 g/mol. The van der Waals surface area contributed by atoms with Gasteiger partial charge in [-0.05, 0) is 55.1 Å². The van der Waals surface area contributed by atoms with Gasteiger partial charge in [-0.25, -0.2) is 4.79 Å².